The summed E-state index contributed by atoms with van der Waals surface area (Å²) in [5, 5.41) is 20.8. The molecule has 1 rings (SSSR count). The maximum Gasteiger partial charge on any atom is 0.119 e. The Hall–Kier alpha value is -0.930. The Bertz CT molecular complexity index is 375. The Balaban J connectivity index is 2.33. The van der Waals surface area contributed by atoms with Gasteiger partial charge in [0.05, 0.1) is 6.10 Å². The molecular formula is C20H34O3. The second-order valence-corrected chi connectivity index (χ2v) is 6.80. The average molecular weight is 322 g/mol. The zero-order valence-electron chi connectivity index (χ0n) is 14.6. The summed E-state index contributed by atoms with van der Waals surface area (Å²) in [6.07, 6.45) is 18.9. The summed E-state index contributed by atoms with van der Waals surface area (Å²) < 4.78 is 0. The van der Waals surface area contributed by atoms with Gasteiger partial charge in [-0.2, -0.15) is 0 Å². The van der Waals surface area contributed by atoms with Gasteiger partial charge in [0.15, 0.2) is 0 Å². The molecule has 0 aromatic rings. The number of allylic oxidation sites excluding steroid dienone is 1. The first kappa shape index (κ1) is 20.1. The summed E-state index contributed by atoms with van der Waals surface area (Å²) in [5.74, 6) is 0.215. The van der Waals surface area contributed by atoms with Crippen LogP contribution in [0, 0.1) is 5.92 Å². The van der Waals surface area contributed by atoms with Crippen molar-refractivity contribution < 1.29 is 15.0 Å². The molecule has 0 aromatic heterocycles. The van der Waals surface area contributed by atoms with Gasteiger partial charge in [-0.05, 0) is 31.6 Å². The van der Waals surface area contributed by atoms with E-state index in [1.165, 1.54) is 0 Å². The van der Waals surface area contributed by atoms with Crippen LogP contribution in [0.3, 0.4) is 0 Å². The molecule has 23 heavy (non-hydrogen) atoms. The van der Waals surface area contributed by atoms with Crippen LogP contribution in [0.2, 0.25) is 0 Å². The van der Waals surface area contributed by atoms with Crippen molar-refractivity contribution in [2.75, 3.05) is 0 Å². The van der Waals surface area contributed by atoms with Gasteiger partial charge in [-0.1, -0.05) is 69.8 Å². The molecule has 3 atom stereocenters. The van der Waals surface area contributed by atoms with Crippen LogP contribution in [0.4, 0.5) is 0 Å². The lowest BCUT2D eigenvalue weighted by Gasteiger charge is -2.26. The minimum absolute atomic E-state index is 0.215. The lowest BCUT2D eigenvalue weighted by Crippen LogP contribution is -2.30. The van der Waals surface area contributed by atoms with Gasteiger partial charge in [0.1, 0.15) is 11.9 Å². The van der Waals surface area contributed by atoms with E-state index in [4.69, 9.17) is 0 Å². The van der Waals surface area contributed by atoms with Crippen molar-refractivity contribution >= 4 is 6.29 Å². The molecule has 0 heterocycles. The molecular weight excluding hydrogens is 288 g/mol. The zero-order chi connectivity index (χ0) is 17.0. The van der Waals surface area contributed by atoms with Crippen LogP contribution in [-0.2, 0) is 4.79 Å². The minimum atomic E-state index is -0.894. The van der Waals surface area contributed by atoms with Crippen LogP contribution >= 0.6 is 0 Å². The van der Waals surface area contributed by atoms with Crippen LogP contribution in [0.1, 0.15) is 77.6 Å². The van der Waals surface area contributed by atoms with Gasteiger partial charge in [-0.15, -0.1) is 0 Å². The SMILES string of the molecule is CCCCCC(O)C=CC1(O)C=CCC1CCCCCCC=O. The molecule has 0 saturated carbocycles. The fourth-order valence-corrected chi connectivity index (χ4v) is 3.22. The highest BCUT2D eigenvalue weighted by Crippen LogP contribution is 2.35. The molecule has 1 aliphatic carbocycles. The van der Waals surface area contributed by atoms with Crippen LogP contribution in [0.5, 0.6) is 0 Å². The normalized spacial score (nSPS) is 25.3. The second kappa shape index (κ2) is 11.6. The summed E-state index contributed by atoms with van der Waals surface area (Å²) in [6, 6.07) is 0. The lowest BCUT2D eigenvalue weighted by molar-refractivity contribution is -0.107. The number of carbonyl (C=O) groups is 1. The Morgan fingerprint density at radius 2 is 2.00 bits per heavy atom. The summed E-state index contributed by atoms with van der Waals surface area (Å²) in [4.78, 5) is 10.3. The molecule has 0 radical (unpaired) electrons. The molecule has 0 aliphatic heterocycles. The van der Waals surface area contributed by atoms with Crippen molar-refractivity contribution in [2.45, 2.75) is 89.3 Å². The number of unbranched alkanes of at least 4 members (excludes halogenated alkanes) is 6. The largest absolute Gasteiger partial charge is 0.389 e. The van der Waals surface area contributed by atoms with Gasteiger partial charge in [0, 0.05) is 6.42 Å². The number of aldehydes is 1. The fraction of sp³-hybridized carbons (Fsp3) is 0.750. The molecule has 3 heteroatoms. The first-order chi connectivity index (χ1) is 11.1. The van der Waals surface area contributed by atoms with Crippen LogP contribution in [0.25, 0.3) is 0 Å². The quantitative estimate of drug-likeness (QED) is 0.301. The number of hydrogen-bond acceptors (Lipinski definition) is 3. The van der Waals surface area contributed by atoms with E-state index in [2.05, 4.69) is 6.92 Å². The van der Waals surface area contributed by atoms with Crippen molar-refractivity contribution in [1.82, 2.24) is 0 Å². The Morgan fingerprint density at radius 3 is 2.74 bits per heavy atom. The molecule has 0 saturated heterocycles. The highest BCUT2D eigenvalue weighted by molar-refractivity contribution is 5.48. The van der Waals surface area contributed by atoms with Gasteiger partial charge in [0.2, 0.25) is 0 Å². The predicted octanol–water partition coefficient (Wildman–Crippen LogP) is 4.33. The lowest BCUT2D eigenvalue weighted by atomic mass is 9.85. The monoisotopic (exact) mass is 322 g/mol. The smallest absolute Gasteiger partial charge is 0.119 e. The van der Waals surface area contributed by atoms with E-state index in [1.807, 2.05) is 12.2 Å². The first-order valence-electron chi connectivity index (χ1n) is 9.33. The molecule has 3 nitrogen and oxygen atoms in total. The third kappa shape index (κ3) is 7.94. The third-order valence-electron chi connectivity index (χ3n) is 4.77. The minimum Gasteiger partial charge on any atom is -0.389 e. The van der Waals surface area contributed by atoms with E-state index >= 15 is 0 Å². The topological polar surface area (TPSA) is 57.5 Å². The van der Waals surface area contributed by atoms with Gasteiger partial charge in [-0.3, -0.25) is 0 Å². The van der Waals surface area contributed by atoms with Crippen molar-refractivity contribution in [3.8, 4) is 0 Å². The summed E-state index contributed by atoms with van der Waals surface area (Å²) >= 11 is 0. The van der Waals surface area contributed by atoms with Crippen LogP contribution < -0.4 is 0 Å². The van der Waals surface area contributed by atoms with Gasteiger partial charge in [-0.25, -0.2) is 0 Å². The van der Waals surface area contributed by atoms with Gasteiger partial charge >= 0.3 is 0 Å². The third-order valence-corrected chi connectivity index (χ3v) is 4.77. The molecule has 0 fully saturated rings. The van der Waals surface area contributed by atoms with E-state index < -0.39 is 11.7 Å². The standard InChI is InChI=1S/C20H34O3/c1-2-3-7-13-19(22)14-16-20(23)15-10-12-18(20)11-8-5-4-6-9-17-21/h10,14-19,22-23H,2-9,11-13H2,1H3. The van der Waals surface area contributed by atoms with Gasteiger partial charge in [0.25, 0.3) is 0 Å². The average Bonchev–Trinajstić information content (AvgIpc) is 2.90. The summed E-state index contributed by atoms with van der Waals surface area (Å²) in [5.41, 5.74) is -0.894. The van der Waals surface area contributed by atoms with Crippen molar-refractivity contribution in [3.05, 3.63) is 24.3 Å². The van der Waals surface area contributed by atoms with E-state index in [0.717, 1.165) is 70.5 Å². The van der Waals surface area contributed by atoms with Crippen molar-refractivity contribution in [1.29, 1.82) is 0 Å². The number of rotatable bonds is 13. The Morgan fingerprint density at radius 1 is 1.22 bits per heavy atom. The predicted molar refractivity (Wildman–Crippen MR) is 95.3 cm³/mol. The number of carbonyl (C=O) groups excluding carboxylic acids is 1. The fourth-order valence-electron chi connectivity index (χ4n) is 3.22. The molecule has 0 spiro atoms. The summed E-state index contributed by atoms with van der Waals surface area (Å²) in [6.45, 7) is 2.15. The molecule has 0 bridgehead atoms. The molecule has 3 unspecified atom stereocenters. The highest BCUT2D eigenvalue weighted by atomic mass is 16.3. The Labute approximate surface area is 141 Å². The number of aliphatic hydroxyl groups excluding tert-OH is 1. The van der Waals surface area contributed by atoms with Crippen molar-refractivity contribution in [3.63, 3.8) is 0 Å². The van der Waals surface area contributed by atoms with E-state index in [9.17, 15) is 15.0 Å². The molecule has 132 valence electrons. The van der Waals surface area contributed by atoms with E-state index in [0.29, 0.717) is 6.42 Å². The van der Waals surface area contributed by atoms with E-state index in [-0.39, 0.29) is 5.92 Å². The Kier molecular flexibility index (Phi) is 10.1. The number of hydrogen-bond donors (Lipinski definition) is 2. The maximum absolute atomic E-state index is 10.8. The molecule has 0 aromatic carbocycles. The van der Waals surface area contributed by atoms with E-state index in [1.54, 1.807) is 12.2 Å². The summed E-state index contributed by atoms with van der Waals surface area (Å²) in [7, 11) is 0. The molecule has 0 amide bonds. The molecule has 2 N–H and O–H groups in total. The highest BCUT2D eigenvalue weighted by Gasteiger charge is 2.34. The van der Waals surface area contributed by atoms with Gasteiger partial charge < -0.3 is 15.0 Å². The number of aliphatic hydroxyl groups is 2. The first-order valence-corrected chi connectivity index (χ1v) is 9.33. The zero-order valence-corrected chi connectivity index (χ0v) is 14.6. The van der Waals surface area contributed by atoms with Crippen molar-refractivity contribution in [2.24, 2.45) is 5.92 Å². The van der Waals surface area contributed by atoms with Crippen LogP contribution in [-0.4, -0.2) is 28.2 Å². The second-order valence-electron chi connectivity index (χ2n) is 6.80. The van der Waals surface area contributed by atoms with Crippen LogP contribution in [0.15, 0.2) is 24.3 Å². The molecule has 1 aliphatic rings. The maximum atomic E-state index is 10.8.